The van der Waals surface area contributed by atoms with Gasteiger partial charge < -0.3 is 19.3 Å². The van der Waals surface area contributed by atoms with E-state index in [1.807, 2.05) is 38.1 Å². The highest BCUT2D eigenvalue weighted by molar-refractivity contribution is 6.04. The van der Waals surface area contributed by atoms with E-state index in [9.17, 15) is 14.9 Å². The minimum Gasteiger partial charge on any atom is -0.493 e. The number of esters is 1. The standard InChI is InChI=1S/C40H55N5O4/c1-9-15-18-30(12-4)29-49-36-27-33(44(14-6)25-26-48-40(47)31(13-5)19-16-10-2)22-20-32(36)21-23-34-37(43-8)38(35(28-41)42-7)45(39(34)46)24-17-11-3/h20-23,27,30-31H,9-19,24-26,29H2,1-6H3/b23-21+,38-35+. The molecule has 0 saturated heterocycles. The molecular formula is C40H55N5O4. The summed E-state index contributed by atoms with van der Waals surface area (Å²) in [5, 5.41) is 9.63. The van der Waals surface area contributed by atoms with Crippen LogP contribution in [0.15, 0.2) is 46.9 Å². The van der Waals surface area contributed by atoms with E-state index in [1.54, 1.807) is 12.2 Å². The van der Waals surface area contributed by atoms with Crippen molar-refractivity contribution in [3.8, 4) is 11.8 Å². The van der Waals surface area contributed by atoms with Crippen LogP contribution in [0.2, 0.25) is 0 Å². The molecule has 0 N–H and O–H groups in total. The average Bonchev–Trinajstić information content (AvgIpc) is 3.38. The van der Waals surface area contributed by atoms with Crippen molar-refractivity contribution < 1.29 is 19.1 Å². The smallest absolute Gasteiger partial charge is 0.308 e. The minimum atomic E-state index is -0.390. The molecule has 0 aliphatic carbocycles. The van der Waals surface area contributed by atoms with Gasteiger partial charge in [-0.15, -0.1) is 0 Å². The van der Waals surface area contributed by atoms with Gasteiger partial charge in [-0.05, 0) is 50.7 Å². The lowest BCUT2D eigenvalue weighted by molar-refractivity contribution is -0.148. The molecule has 1 aliphatic heterocycles. The van der Waals surface area contributed by atoms with Gasteiger partial charge in [0.2, 0.25) is 11.6 Å². The Kier molecular flexibility index (Phi) is 18.4. The molecule has 1 heterocycles. The summed E-state index contributed by atoms with van der Waals surface area (Å²) in [7, 11) is 0. The molecule has 1 aromatic rings. The van der Waals surface area contributed by atoms with E-state index in [0.29, 0.717) is 44.3 Å². The van der Waals surface area contributed by atoms with Crippen molar-refractivity contribution in [2.75, 3.05) is 37.7 Å². The van der Waals surface area contributed by atoms with Crippen molar-refractivity contribution in [1.29, 1.82) is 5.26 Å². The van der Waals surface area contributed by atoms with Crippen LogP contribution in [0.25, 0.3) is 15.8 Å². The second-order valence-corrected chi connectivity index (χ2v) is 12.4. The summed E-state index contributed by atoms with van der Waals surface area (Å²) in [5.74, 6) is 0.458. The number of hydrogen-bond acceptors (Lipinski definition) is 6. The number of likely N-dealkylation sites (N-methyl/N-ethyl adjacent to an activating group) is 1. The number of allylic oxidation sites excluding steroid dienone is 1. The Hall–Kier alpha value is -4.55. The number of nitrogens with zero attached hydrogens (tertiary/aromatic N) is 5. The molecule has 49 heavy (non-hydrogen) atoms. The number of hydrogen-bond donors (Lipinski definition) is 0. The van der Waals surface area contributed by atoms with Gasteiger partial charge in [-0.3, -0.25) is 9.59 Å². The van der Waals surface area contributed by atoms with E-state index in [1.165, 1.54) is 4.90 Å². The molecule has 1 amide bonds. The highest BCUT2D eigenvalue weighted by Gasteiger charge is 2.36. The lowest BCUT2D eigenvalue weighted by Crippen LogP contribution is -2.29. The second-order valence-electron chi connectivity index (χ2n) is 12.4. The number of benzene rings is 1. The van der Waals surface area contributed by atoms with Gasteiger partial charge in [-0.25, -0.2) is 15.0 Å². The van der Waals surface area contributed by atoms with Crippen LogP contribution in [-0.4, -0.2) is 49.6 Å². The van der Waals surface area contributed by atoms with E-state index >= 15 is 0 Å². The zero-order valence-electron chi connectivity index (χ0n) is 30.5. The molecule has 0 saturated carbocycles. The molecule has 0 fully saturated rings. The summed E-state index contributed by atoms with van der Waals surface area (Å²) >= 11 is 0. The molecule has 2 atom stereocenters. The summed E-state index contributed by atoms with van der Waals surface area (Å²) in [5.41, 5.74) is 1.67. The van der Waals surface area contributed by atoms with Crippen LogP contribution < -0.4 is 9.64 Å². The van der Waals surface area contributed by atoms with E-state index in [4.69, 9.17) is 22.6 Å². The summed E-state index contributed by atoms with van der Waals surface area (Å²) in [6, 6.07) is 7.77. The Morgan fingerprint density at radius 1 is 1.02 bits per heavy atom. The van der Waals surface area contributed by atoms with Crippen LogP contribution in [0.3, 0.4) is 0 Å². The first-order valence-corrected chi connectivity index (χ1v) is 18.1. The van der Waals surface area contributed by atoms with Crippen LogP contribution in [0.1, 0.15) is 111 Å². The van der Waals surface area contributed by atoms with Crippen molar-refractivity contribution in [3.63, 3.8) is 0 Å². The zero-order chi connectivity index (χ0) is 36.2. The number of ether oxygens (including phenoxy) is 2. The molecule has 2 rings (SSSR count). The fourth-order valence-corrected chi connectivity index (χ4v) is 5.81. The Balaban J connectivity index is 2.47. The maximum atomic E-state index is 13.6. The summed E-state index contributed by atoms with van der Waals surface area (Å²) < 4.78 is 12.2. The third-order valence-electron chi connectivity index (χ3n) is 9.04. The van der Waals surface area contributed by atoms with Crippen molar-refractivity contribution in [1.82, 2.24) is 4.90 Å². The molecule has 2 unspecified atom stereocenters. The van der Waals surface area contributed by atoms with E-state index in [0.717, 1.165) is 69.0 Å². The van der Waals surface area contributed by atoms with E-state index < -0.39 is 5.91 Å². The first-order valence-electron chi connectivity index (χ1n) is 18.1. The number of amides is 1. The van der Waals surface area contributed by atoms with Crippen LogP contribution in [-0.2, 0) is 14.3 Å². The largest absolute Gasteiger partial charge is 0.493 e. The minimum absolute atomic E-state index is 0.0151. The molecule has 0 aromatic heterocycles. The highest BCUT2D eigenvalue weighted by atomic mass is 16.5. The number of rotatable bonds is 22. The predicted molar refractivity (Wildman–Crippen MR) is 196 cm³/mol. The van der Waals surface area contributed by atoms with Gasteiger partial charge in [0.1, 0.15) is 12.4 Å². The van der Waals surface area contributed by atoms with E-state index in [2.05, 4.69) is 42.3 Å². The van der Waals surface area contributed by atoms with Gasteiger partial charge in [0.05, 0.1) is 44.0 Å². The fraction of sp³-hybridized carbons (Fsp3) is 0.575. The molecule has 1 aliphatic rings. The van der Waals surface area contributed by atoms with Crippen LogP contribution >= 0.6 is 0 Å². The quantitative estimate of drug-likeness (QED) is 0.0694. The molecular weight excluding hydrogens is 614 g/mol. The van der Waals surface area contributed by atoms with E-state index in [-0.39, 0.29) is 41.2 Å². The second kappa shape index (κ2) is 22.2. The van der Waals surface area contributed by atoms with Crippen molar-refractivity contribution in [3.05, 3.63) is 75.3 Å². The number of anilines is 1. The molecule has 264 valence electrons. The average molecular weight is 670 g/mol. The van der Waals surface area contributed by atoms with Gasteiger partial charge in [-0.1, -0.05) is 85.3 Å². The fourth-order valence-electron chi connectivity index (χ4n) is 5.81. The van der Waals surface area contributed by atoms with Gasteiger partial charge in [0.15, 0.2) is 0 Å². The van der Waals surface area contributed by atoms with Crippen molar-refractivity contribution in [2.24, 2.45) is 11.8 Å². The molecule has 0 bridgehead atoms. The lowest BCUT2D eigenvalue weighted by atomic mass is 10.00. The monoisotopic (exact) mass is 669 g/mol. The number of nitriles is 1. The van der Waals surface area contributed by atoms with Crippen LogP contribution in [0, 0.1) is 36.3 Å². The number of carbonyl (C=O) groups excluding carboxylic acids is 2. The number of carbonyl (C=O) groups is 2. The first kappa shape index (κ1) is 40.6. The molecule has 9 nitrogen and oxygen atoms in total. The Bertz CT molecular complexity index is 1460. The summed E-state index contributed by atoms with van der Waals surface area (Å²) in [6.45, 7) is 30.3. The van der Waals surface area contributed by atoms with Crippen LogP contribution in [0.4, 0.5) is 5.69 Å². The maximum absolute atomic E-state index is 13.6. The van der Waals surface area contributed by atoms with Gasteiger partial charge in [-0.2, -0.15) is 0 Å². The topological polar surface area (TPSA) is 91.6 Å². The lowest BCUT2D eigenvalue weighted by Gasteiger charge is -2.25. The van der Waals surface area contributed by atoms with Gasteiger partial charge in [0, 0.05) is 36.0 Å². The maximum Gasteiger partial charge on any atom is 0.308 e. The predicted octanol–water partition coefficient (Wildman–Crippen LogP) is 9.35. The third-order valence-corrected chi connectivity index (χ3v) is 9.04. The Labute approximate surface area is 294 Å². The number of unbranched alkanes of at least 4 members (excludes halogenated alkanes) is 3. The third kappa shape index (κ3) is 11.5. The highest BCUT2D eigenvalue weighted by Crippen LogP contribution is 2.36. The first-order chi connectivity index (χ1) is 23.8. The summed E-state index contributed by atoms with van der Waals surface area (Å²) in [6.07, 6.45) is 12.9. The van der Waals surface area contributed by atoms with Crippen molar-refractivity contribution >= 4 is 23.6 Å². The molecule has 9 heteroatoms. The van der Waals surface area contributed by atoms with Gasteiger partial charge >= 0.3 is 5.97 Å². The van der Waals surface area contributed by atoms with Crippen LogP contribution in [0.5, 0.6) is 5.75 Å². The molecule has 0 spiro atoms. The Morgan fingerprint density at radius 2 is 1.73 bits per heavy atom. The molecule has 0 radical (unpaired) electrons. The van der Waals surface area contributed by atoms with Gasteiger partial charge in [0.25, 0.3) is 5.70 Å². The Morgan fingerprint density at radius 3 is 2.33 bits per heavy atom. The SMILES string of the molecule is [C-]#[N+]C1=C(/C=C/c2ccc(N(CC)CCOC(=O)C(CC)CCCC)cc2OCC(CC)CCCC)C(=O)N(CCCC)/C1=C(\C#N)[N+]#[C-]. The summed E-state index contributed by atoms with van der Waals surface area (Å²) in [4.78, 5) is 36.8. The zero-order valence-corrected chi connectivity index (χ0v) is 30.5. The van der Waals surface area contributed by atoms with Crippen molar-refractivity contribution in [2.45, 2.75) is 106 Å². The normalized spacial score (nSPS) is 15.1. The molecule has 1 aromatic carbocycles.